The number of carbonyl (C=O) groups is 2. The predicted octanol–water partition coefficient (Wildman–Crippen LogP) is 4.86. The molecular weight excluding hydrogens is 450 g/mol. The summed E-state index contributed by atoms with van der Waals surface area (Å²) >= 11 is 1.29. The quantitative estimate of drug-likeness (QED) is 0.528. The summed E-state index contributed by atoms with van der Waals surface area (Å²) in [5, 5.41) is 2.76. The van der Waals surface area contributed by atoms with Gasteiger partial charge in [0.05, 0.1) is 26.5 Å². The van der Waals surface area contributed by atoms with Crippen molar-refractivity contribution in [1.29, 1.82) is 0 Å². The van der Waals surface area contributed by atoms with Crippen LogP contribution in [-0.2, 0) is 16.1 Å². The number of amides is 2. The van der Waals surface area contributed by atoms with Crippen molar-refractivity contribution >= 4 is 40.1 Å². The number of thioether (sulfide) groups is 1. The van der Waals surface area contributed by atoms with E-state index in [1.165, 1.54) is 11.8 Å². The fourth-order valence-electron chi connectivity index (χ4n) is 3.45. The lowest BCUT2D eigenvalue weighted by Crippen LogP contribution is -2.44. The van der Waals surface area contributed by atoms with Gasteiger partial charge in [0.1, 0.15) is 16.7 Å². The van der Waals surface area contributed by atoms with Gasteiger partial charge in [0, 0.05) is 18.2 Å². The molecule has 0 radical (unpaired) electrons. The number of hydrogen-bond acceptors (Lipinski definition) is 6. The molecule has 1 aliphatic heterocycles. The summed E-state index contributed by atoms with van der Waals surface area (Å²) in [6, 6.07) is 24.1. The minimum atomic E-state index is -0.609. The smallest absolute Gasteiger partial charge is 0.238 e. The summed E-state index contributed by atoms with van der Waals surface area (Å²) in [6.45, 7) is 0.381. The second-order valence-electron chi connectivity index (χ2n) is 7.59. The molecule has 7 nitrogen and oxygen atoms in total. The number of nitrogens with one attached hydrogen (secondary N) is 1. The molecule has 0 aromatic heterocycles. The highest BCUT2D eigenvalue weighted by atomic mass is 32.2. The SMILES string of the molecule is COc1ccc(N=C2SC(C(=O)Nc3cccc(OC)c3)CC(=O)N2Cc2ccccc2)cc1. The van der Waals surface area contributed by atoms with Gasteiger partial charge in [-0.05, 0) is 42.0 Å². The molecule has 174 valence electrons. The van der Waals surface area contributed by atoms with Crippen molar-refractivity contribution < 1.29 is 19.1 Å². The third kappa shape index (κ3) is 5.77. The molecule has 1 aliphatic rings. The number of ether oxygens (including phenoxy) is 2. The second kappa shape index (κ2) is 10.9. The van der Waals surface area contributed by atoms with E-state index in [0.717, 1.165) is 5.56 Å². The lowest BCUT2D eigenvalue weighted by Gasteiger charge is -2.32. The summed E-state index contributed by atoms with van der Waals surface area (Å²) in [4.78, 5) is 32.6. The van der Waals surface area contributed by atoms with Crippen LogP contribution >= 0.6 is 11.8 Å². The molecule has 34 heavy (non-hydrogen) atoms. The molecule has 1 saturated heterocycles. The van der Waals surface area contributed by atoms with Crippen LogP contribution in [0, 0.1) is 0 Å². The fraction of sp³-hybridized carbons (Fsp3) is 0.192. The van der Waals surface area contributed by atoms with E-state index in [-0.39, 0.29) is 18.2 Å². The Bertz CT molecular complexity index is 1180. The number of aliphatic imine (C=N–C) groups is 1. The maximum Gasteiger partial charge on any atom is 0.238 e. The predicted molar refractivity (Wildman–Crippen MR) is 135 cm³/mol. The fourth-order valence-corrected chi connectivity index (χ4v) is 4.55. The molecule has 2 amide bonds. The lowest BCUT2D eigenvalue weighted by atomic mass is 10.2. The molecule has 1 N–H and O–H groups in total. The maximum atomic E-state index is 13.2. The van der Waals surface area contributed by atoms with Crippen molar-refractivity contribution in [3.63, 3.8) is 0 Å². The van der Waals surface area contributed by atoms with Gasteiger partial charge in [-0.15, -0.1) is 0 Å². The number of benzene rings is 3. The monoisotopic (exact) mass is 475 g/mol. The van der Waals surface area contributed by atoms with Crippen LogP contribution in [0.25, 0.3) is 0 Å². The Morgan fingerprint density at radius 3 is 2.44 bits per heavy atom. The van der Waals surface area contributed by atoms with E-state index in [1.807, 2.05) is 54.6 Å². The Balaban J connectivity index is 1.58. The molecule has 1 unspecified atom stereocenters. The summed E-state index contributed by atoms with van der Waals surface area (Å²) in [6.07, 6.45) is 0.0783. The van der Waals surface area contributed by atoms with Gasteiger partial charge in [-0.3, -0.25) is 14.5 Å². The van der Waals surface area contributed by atoms with Crippen molar-refractivity contribution in [2.75, 3.05) is 19.5 Å². The Hall–Kier alpha value is -3.78. The molecule has 8 heteroatoms. The summed E-state index contributed by atoms with van der Waals surface area (Å²) < 4.78 is 10.4. The Kier molecular flexibility index (Phi) is 7.49. The van der Waals surface area contributed by atoms with E-state index >= 15 is 0 Å². The Morgan fingerprint density at radius 2 is 1.74 bits per heavy atom. The minimum absolute atomic E-state index is 0.0783. The molecule has 0 bridgehead atoms. The van der Waals surface area contributed by atoms with Crippen LogP contribution in [0.1, 0.15) is 12.0 Å². The first-order chi connectivity index (χ1) is 16.6. The number of methoxy groups -OCH3 is 2. The first kappa shape index (κ1) is 23.4. The molecule has 0 spiro atoms. The zero-order valence-electron chi connectivity index (χ0n) is 18.9. The van der Waals surface area contributed by atoms with Gasteiger partial charge in [0.25, 0.3) is 0 Å². The highest BCUT2D eigenvalue weighted by molar-refractivity contribution is 8.15. The summed E-state index contributed by atoms with van der Waals surface area (Å²) in [5.41, 5.74) is 2.26. The number of carbonyl (C=O) groups excluding carboxylic acids is 2. The first-order valence-corrected chi connectivity index (χ1v) is 11.6. The maximum absolute atomic E-state index is 13.2. The largest absolute Gasteiger partial charge is 0.497 e. The number of anilines is 1. The zero-order chi connectivity index (χ0) is 23.9. The van der Waals surface area contributed by atoms with Crippen LogP contribution in [0.4, 0.5) is 11.4 Å². The number of rotatable bonds is 7. The molecule has 3 aromatic rings. The van der Waals surface area contributed by atoms with E-state index in [0.29, 0.717) is 34.6 Å². The molecule has 4 rings (SSSR count). The molecule has 1 atom stereocenters. The van der Waals surface area contributed by atoms with Crippen molar-refractivity contribution in [3.8, 4) is 11.5 Å². The van der Waals surface area contributed by atoms with Gasteiger partial charge in [0.15, 0.2) is 5.17 Å². The van der Waals surface area contributed by atoms with Gasteiger partial charge < -0.3 is 14.8 Å². The first-order valence-electron chi connectivity index (χ1n) is 10.7. The van der Waals surface area contributed by atoms with Crippen LogP contribution in [0.15, 0.2) is 83.9 Å². The van der Waals surface area contributed by atoms with E-state index in [2.05, 4.69) is 5.32 Å². The van der Waals surface area contributed by atoms with Gasteiger partial charge in [-0.25, -0.2) is 4.99 Å². The third-order valence-corrected chi connectivity index (χ3v) is 6.44. The van der Waals surface area contributed by atoms with Crippen LogP contribution in [0.3, 0.4) is 0 Å². The van der Waals surface area contributed by atoms with Crippen LogP contribution < -0.4 is 14.8 Å². The second-order valence-corrected chi connectivity index (χ2v) is 8.76. The van der Waals surface area contributed by atoms with Crippen LogP contribution in [0.2, 0.25) is 0 Å². The van der Waals surface area contributed by atoms with Gasteiger partial charge in [-0.2, -0.15) is 0 Å². The van der Waals surface area contributed by atoms with Gasteiger partial charge >= 0.3 is 0 Å². The topological polar surface area (TPSA) is 80.2 Å². The van der Waals surface area contributed by atoms with Crippen molar-refractivity contribution in [2.45, 2.75) is 18.2 Å². The van der Waals surface area contributed by atoms with Crippen molar-refractivity contribution in [2.24, 2.45) is 4.99 Å². The molecule has 0 saturated carbocycles. The zero-order valence-corrected chi connectivity index (χ0v) is 19.7. The van der Waals surface area contributed by atoms with Crippen LogP contribution in [-0.4, -0.2) is 41.4 Å². The van der Waals surface area contributed by atoms with E-state index in [1.54, 1.807) is 43.4 Å². The van der Waals surface area contributed by atoms with Gasteiger partial charge in [0.2, 0.25) is 11.8 Å². The Labute approximate surface area is 202 Å². The average molecular weight is 476 g/mol. The van der Waals surface area contributed by atoms with Crippen molar-refractivity contribution in [1.82, 2.24) is 4.90 Å². The molecular formula is C26H25N3O4S. The minimum Gasteiger partial charge on any atom is -0.497 e. The highest BCUT2D eigenvalue weighted by Gasteiger charge is 2.36. The average Bonchev–Trinajstić information content (AvgIpc) is 2.87. The number of hydrogen-bond donors (Lipinski definition) is 1. The van der Waals surface area contributed by atoms with Crippen LogP contribution in [0.5, 0.6) is 11.5 Å². The van der Waals surface area contributed by atoms with E-state index < -0.39 is 5.25 Å². The van der Waals surface area contributed by atoms with Crippen molar-refractivity contribution in [3.05, 3.63) is 84.4 Å². The highest BCUT2D eigenvalue weighted by Crippen LogP contribution is 2.31. The summed E-state index contributed by atoms with van der Waals surface area (Å²) in [7, 11) is 3.17. The molecule has 3 aromatic carbocycles. The number of nitrogens with zero attached hydrogens (tertiary/aromatic N) is 2. The molecule has 1 fully saturated rings. The van der Waals surface area contributed by atoms with E-state index in [9.17, 15) is 9.59 Å². The standard InChI is InChI=1S/C26H25N3O4S/c1-32-21-13-11-19(12-14-21)28-26-29(17-18-7-4-3-5-8-18)24(30)16-23(34-26)25(31)27-20-9-6-10-22(15-20)33-2/h3-15,23H,16-17H2,1-2H3,(H,27,31). The summed E-state index contributed by atoms with van der Waals surface area (Å²) in [5.74, 6) is 0.947. The van der Waals surface area contributed by atoms with E-state index in [4.69, 9.17) is 14.5 Å². The normalized spacial score (nSPS) is 16.9. The lowest BCUT2D eigenvalue weighted by molar-refractivity contribution is -0.129. The third-order valence-electron chi connectivity index (χ3n) is 5.25. The molecule has 0 aliphatic carbocycles. The number of amidine groups is 1. The molecule has 1 heterocycles. The Morgan fingerprint density at radius 1 is 1.00 bits per heavy atom. The van der Waals surface area contributed by atoms with Gasteiger partial charge in [-0.1, -0.05) is 48.2 Å².